The lowest BCUT2D eigenvalue weighted by Gasteiger charge is -2.33. The van der Waals surface area contributed by atoms with Gasteiger partial charge in [0.1, 0.15) is 18.2 Å². The Morgan fingerprint density at radius 2 is 1.60 bits per heavy atom. The van der Waals surface area contributed by atoms with Gasteiger partial charge >= 0.3 is 6.09 Å². The summed E-state index contributed by atoms with van der Waals surface area (Å²) < 4.78 is 5.27. The van der Waals surface area contributed by atoms with Crippen LogP contribution in [0.25, 0.3) is 0 Å². The third kappa shape index (κ3) is 6.75. The maximum atomic E-state index is 13.9. The smallest absolute Gasteiger partial charge is 0.408 e. The topological polar surface area (TPSA) is 87.7 Å². The molecule has 0 aliphatic heterocycles. The molecule has 1 aliphatic rings. The van der Waals surface area contributed by atoms with Crippen molar-refractivity contribution in [3.05, 3.63) is 63.7 Å². The van der Waals surface area contributed by atoms with Gasteiger partial charge < -0.3 is 20.3 Å². The van der Waals surface area contributed by atoms with E-state index in [1.807, 2.05) is 51.1 Å². The Hall–Kier alpha value is -3.06. The first-order valence-corrected chi connectivity index (χ1v) is 12.2. The van der Waals surface area contributed by atoms with Gasteiger partial charge in [-0.25, -0.2) is 4.79 Å². The molecule has 0 bridgehead atoms. The SMILES string of the molecule is Cc1cccc(Cl)c1NC(=O)C(c1c(C)cccc1C)N(C(=O)CNC(=O)OC(C)(C)C)C1CC1. The zero-order chi connectivity index (χ0) is 25.9. The molecule has 2 N–H and O–H groups in total. The highest BCUT2D eigenvalue weighted by Gasteiger charge is 2.42. The Morgan fingerprint density at radius 1 is 1.03 bits per heavy atom. The first-order valence-electron chi connectivity index (χ1n) is 11.8. The third-order valence-electron chi connectivity index (χ3n) is 5.82. The number of para-hydroxylation sites is 1. The summed E-state index contributed by atoms with van der Waals surface area (Å²) in [7, 11) is 0. The highest BCUT2D eigenvalue weighted by Crippen LogP contribution is 2.38. The first kappa shape index (κ1) is 26.5. The van der Waals surface area contributed by atoms with Crippen LogP contribution in [0.2, 0.25) is 5.02 Å². The summed E-state index contributed by atoms with van der Waals surface area (Å²) in [6, 6.07) is 10.2. The van der Waals surface area contributed by atoms with Crippen LogP contribution in [-0.2, 0) is 14.3 Å². The van der Waals surface area contributed by atoms with Gasteiger partial charge in [0.2, 0.25) is 5.91 Å². The molecule has 0 spiro atoms. The number of nitrogens with one attached hydrogen (secondary N) is 2. The molecule has 35 heavy (non-hydrogen) atoms. The minimum atomic E-state index is -0.882. The van der Waals surface area contributed by atoms with Gasteiger partial charge in [-0.1, -0.05) is 41.9 Å². The van der Waals surface area contributed by atoms with Gasteiger partial charge in [-0.3, -0.25) is 9.59 Å². The molecule has 3 amide bonds. The van der Waals surface area contributed by atoms with E-state index in [1.54, 1.807) is 31.7 Å². The van der Waals surface area contributed by atoms with Crippen LogP contribution < -0.4 is 10.6 Å². The molecule has 8 heteroatoms. The van der Waals surface area contributed by atoms with Crippen LogP contribution in [0.3, 0.4) is 0 Å². The minimum absolute atomic E-state index is 0.0926. The number of nitrogens with zero attached hydrogens (tertiary/aromatic N) is 1. The van der Waals surface area contributed by atoms with Crippen molar-refractivity contribution < 1.29 is 19.1 Å². The van der Waals surface area contributed by atoms with Gasteiger partial charge in [-0.2, -0.15) is 0 Å². The molecule has 1 unspecified atom stereocenters. The van der Waals surface area contributed by atoms with Gasteiger partial charge in [-0.15, -0.1) is 0 Å². The van der Waals surface area contributed by atoms with E-state index < -0.39 is 17.7 Å². The maximum absolute atomic E-state index is 13.9. The van der Waals surface area contributed by atoms with Crippen molar-refractivity contribution in [2.45, 2.75) is 72.1 Å². The number of carbonyl (C=O) groups is 3. The zero-order valence-electron chi connectivity index (χ0n) is 21.2. The summed E-state index contributed by atoms with van der Waals surface area (Å²) in [5.74, 6) is -0.701. The van der Waals surface area contributed by atoms with Crippen molar-refractivity contribution in [3.63, 3.8) is 0 Å². The first-order chi connectivity index (χ1) is 16.4. The summed E-state index contributed by atoms with van der Waals surface area (Å²) in [6.45, 7) is 10.7. The molecular formula is C27H34ClN3O4. The molecule has 0 saturated heterocycles. The second kappa shape index (κ2) is 10.7. The third-order valence-corrected chi connectivity index (χ3v) is 6.14. The number of aryl methyl sites for hydroxylation is 3. The predicted molar refractivity (Wildman–Crippen MR) is 138 cm³/mol. The zero-order valence-corrected chi connectivity index (χ0v) is 22.0. The van der Waals surface area contributed by atoms with Crippen LogP contribution in [0.4, 0.5) is 10.5 Å². The molecule has 1 saturated carbocycles. The normalized spacial score (nSPS) is 14.1. The van der Waals surface area contributed by atoms with E-state index in [9.17, 15) is 14.4 Å². The summed E-state index contributed by atoms with van der Waals surface area (Å²) >= 11 is 6.38. The van der Waals surface area contributed by atoms with E-state index in [4.69, 9.17) is 16.3 Å². The summed E-state index contributed by atoms with van der Waals surface area (Å²) in [5, 5.41) is 5.93. The van der Waals surface area contributed by atoms with E-state index >= 15 is 0 Å². The predicted octanol–water partition coefficient (Wildman–Crippen LogP) is 5.46. The van der Waals surface area contributed by atoms with E-state index in [0.29, 0.717) is 10.7 Å². The van der Waals surface area contributed by atoms with Crippen LogP contribution in [0.15, 0.2) is 36.4 Å². The van der Waals surface area contributed by atoms with Crippen molar-refractivity contribution in [2.75, 3.05) is 11.9 Å². The molecule has 0 aromatic heterocycles. The Bertz CT molecular complexity index is 1080. The number of anilines is 1. The molecule has 0 heterocycles. The fourth-order valence-electron chi connectivity index (χ4n) is 4.10. The lowest BCUT2D eigenvalue weighted by Crippen LogP contribution is -2.48. The largest absolute Gasteiger partial charge is 0.444 e. The highest BCUT2D eigenvalue weighted by molar-refractivity contribution is 6.34. The van der Waals surface area contributed by atoms with E-state index in [0.717, 1.165) is 35.1 Å². The number of carbonyl (C=O) groups excluding carboxylic acids is 3. The Kier molecular flexibility index (Phi) is 8.11. The summed E-state index contributed by atoms with van der Waals surface area (Å²) in [5.41, 5.74) is 3.23. The van der Waals surface area contributed by atoms with Crippen LogP contribution in [-0.4, -0.2) is 41.0 Å². The number of benzene rings is 2. The van der Waals surface area contributed by atoms with Crippen LogP contribution in [0.5, 0.6) is 0 Å². The monoisotopic (exact) mass is 499 g/mol. The van der Waals surface area contributed by atoms with E-state index in [1.165, 1.54) is 0 Å². The fourth-order valence-corrected chi connectivity index (χ4v) is 4.37. The molecule has 0 radical (unpaired) electrons. The molecule has 1 fully saturated rings. The molecule has 2 aromatic carbocycles. The Morgan fingerprint density at radius 3 is 2.14 bits per heavy atom. The molecular weight excluding hydrogens is 466 g/mol. The summed E-state index contributed by atoms with van der Waals surface area (Å²) in [4.78, 5) is 41.1. The van der Waals surface area contributed by atoms with Crippen molar-refractivity contribution in [1.29, 1.82) is 0 Å². The molecule has 3 rings (SSSR count). The second-order valence-electron chi connectivity index (χ2n) is 10.0. The van der Waals surface area contributed by atoms with Crippen molar-refractivity contribution in [2.24, 2.45) is 0 Å². The van der Waals surface area contributed by atoms with Crippen molar-refractivity contribution >= 4 is 35.2 Å². The second-order valence-corrected chi connectivity index (χ2v) is 10.4. The van der Waals surface area contributed by atoms with Gasteiger partial charge in [0.05, 0.1) is 10.7 Å². The van der Waals surface area contributed by atoms with Gasteiger partial charge in [-0.05, 0) is 82.7 Å². The maximum Gasteiger partial charge on any atom is 0.408 e. The lowest BCUT2D eigenvalue weighted by molar-refractivity contribution is -0.139. The van der Waals surface area contributed by atoms with Gasteiger partial charge in [0.25, 0.3) is 5.91 Å². The number of ether oxygens (including phenoxy) is 1. The van der Waals surface area contributed by atoms with Crippen LogP contribution in [0, 0.1) is 20.8 Å². The van der Waals surface area contributed by atoms with Crippen LogP contribution in [0.1, 0.15) is 61.9 Å². The number of hydrogen-bond donors (Lipinski definition) is 2. The highest BCUT2D eigenvalue weighted by atomic mass is 35.5. The average Bonchev–Trinajstić information content (AvgIpc) is 3.57. The number of alkyl carbamates (subject to hydrolysis) is 1. The Labute approximate surface area is 212 Å². The number of halogens is 1. The fraction of sp³-hybridized carbons (Fsp3) is 0.444. The molecule has 1 atom stereocenters. The van der Waals surface area contributed by atoms with Crippen molar-refractivity contribution in [3.8, 4) is 0 Å². The number of amides is 3. The summed E-state index contributed by atoms with van der Waals surface area (Å²) in [6.07, 6.45) is 0.900. The number of rotatable bonds is 7. The lowest BCUT2D eigenvalue weighted by atomic mass is 9.93. The molecule has 2 aromatic rings. The van der Waals surface area contributed by atoms with E-state index in [-0.39, 0.29) is 24.4 Å². The quantitative estimate of drug-likeness (QED) is 0.529. The van der Waals surface area contributed by atoms with E-state index in [2.05, 4.69) is 10.6 Å². The van der Waals surface area contributed by atoms with Gasteiger partial charge in [0, 0.05) is 6.04 Å². The average molecular weight is 500 g/mol. The number of hydrogen-bond acceptors (Lipinski definition) is 4. The standard InChI is InChI=1S/C27H34ClN3O4/c1-16-9-7-10-17(2)22(16)24(25(33)30-23-18(3)11-8-12-20(23)28)31(19-13-14-19)21(32)15-29-26(34)35-27(4,5)6/h7-12,19,24H,13-15H2,1-6H3,(H,29,34)(H,30,33). The van der Waals surface area contributed by atoms with Crippen molar-refractivity contribution in [1.82, 2.24) is 10.2 Å². The molecule has 188 valence electrons. The van der Waals surface area contributed by atoms with Crippen LogP contribution >= 0.6 is 11.6 Å². The molecule has 1 aliphatic carbocycles. The Balaban J connectivity index is 1.96. The molecule has 7 nitrogen and oxygen atoms in total. The minimum Gasteiger partial charge on any atom is -0.444 e. The van der Waals surface area contributed by atoms with Gasteiger partial charge in [0.15, 0.2) is 0 Å².